The van der Waals surface area contributed by atoms with Crippen molar-refractivity contribution in [2.45, 2.75) is 19.3 Å². The van der Waals surface area contributed by atoms with Crippen LogP contribution in [0.5, 0.6) is 5.75 Å². The summed E-state index contributed by atoms with van der Waals surface area (Å²) in [5.74, 6) is -0.939. The largest absolute Gasteiger partial charge is 0.573 e. The Morgan fingerprint density at radius 3 is 2.46 bits per heavy atom. The molecular formula is C16H17F3N2O4S. The zero-order valence-electron chi connectivity index (χ0n) is 14.0. The number of alkyl halides is 3. The fraction of sp³-hybridized carbons (Fsp3) is 0.375. The van der Waals surface area contributed by atoms with Gasteiger partial charge < -0.3 is 24.8 Å². The molecule has 0 aromatic heterocycles. The average molecular weight is 390 g/mol. The third kappa shape index (κ3) is 5.33. The fourth-order valence-electron chi connectivity index (χ4n) is 2.37. The van der Waals surface area contributed by atoms with E-state index >= 15 is 0 Å². The smallest absolute Gasteiger partial charge is 0.460 e. The molecule has 6 nitrogen and oxygen atoms in total. The monoisotopic (exact) mass is 390 g/mol. The number of halogens is 3. The van der Waals surface area contributed by atoms with E-state index in [0.717, 1.165) is 0 Å². The maximum atomic E-state index is 12.4. The Morgan fingerprint density at radius 1 is 1.23 bits per heavy atom. The number of esters is 1. The lowest BCUT2D eigenvalue weighted by molar-refractivity contribution is -0.274. The van der Waals surface area contributed by atoms with Crippen LogP contribution in [0.15, 0.2) is 35.5 Å². The molecule has 1 aliphatic rings. The van der Waals surface area contributed by atoms with E-state index in [1.165, 1.54) is 31.4 Å². The molecule has 0 spiro atoms. The number of thiocarbonyl (C=S) groups is 1. The highest BCUT2D eigenvalue weighted by molar-refractivity contribution is 7.80. The van der Waals surface area contributed by atoms with Crippen molar-refractivity contribution in [3.05, 3.63) is 41.1 Å². The summed E-state index contributed by atoms with van der Waals surface area (Å²) in [6.07, 6.45) is -4.77. The summed E-state index contributed by atoms with van der Waals surface area (Å²) in [5.41, 5.74) is 1.30. The van der Waals surface area contributed by atoms with Crippen LogP contribution in [0.1, 0.15) is 18.5 Å². The van der Waals surface area contributed by atoms with Gasteiger partial charge in [0, 0.05) is 12.8 Å². The van der Waals surface area contributed by atoms with Crippen molar-refractivity contribution in [3.63, 3.8) is 0 Å². The van der Waals surface area contributed by atoms with Crippen LogP contribution in [-0.4, -0.2) is 37.8 Å². The molecule has 1 heterocycles. The average Bonchev–Trinajstić information content (AvgIpc) is 2.53. The molecule has 0 fully saturated rings. The number of hydrogen-bond acceptors (Lipinski definition) is 5. The maximum Gasteiger partial charge on any atom is 0.573 e. The minimum atomic E-state index is -4.77. The first-order valence-electron chi connectivity index (χ1n) is 7.51. The van der Waals surface area contributed by atoms with E-state index in [9.17, 15) is 18.0 Å². The summed E-state index contributed by atoms with van der Waals surface area (Å²) >= 11 is 5.10. The van der Waals surface area contributed by atoms with Crippen LogP contribution in [0.3, 0.4) is 0 Å². The van der Waals surface area contributed by atoms with Gasteiger partial charge in [0.25, 0.3) is 0 Å². The normalized spacial score (nSPS) is 17.4. The predicted octanol–water partition coefficient (Wildman–Crippen LogP) is 2.57. The number of hydrogen-bond donors (Lipinski definition) is 2. The zero-order valence-corrected chi connectivity index (χ0v) is 14.8. The SMILES string of the molecule is COCCOC(=O)C1=C(C)NC(=S)NC1c1ccc(OC(F)(F)F)cc1. The minimum absolute atomic E-state index is 0.0711. The minimum Gasteiger partial charge on any atom is -0.460 e. The highest BCUT2D eigenvalue weighted by Crippen LogP contribution is 2.30. The van der Waals surface area contributed by atoms with Gasteiger partial charge in [0.1, 0.15) is 12.4 Å². The molecule has 0 saturated heterocycles. The molecule has 26 heavy (non-hydrogen) atoms. The van der Waals surface area contributed by atoms with Crippen LogP contribution in [0.25, 0.3) is 0 Å². The third-order valence-electron chi connectivity index (χ3n) is 3.46. The fourth-order valence-corrected chi connectivity index (χ4v) is 2.64. The van der Waals surface area contributed by atoms with E-state index in [2.05, 4.69) is 15.4 Å². The van der Waals surface area contributed by atoms with E-state index in [0.29, 0.717) is 11.3 Å². The predicted molar refractivity (Wildman–Crippen MR) is 90.3 cm³/mol. The van der Waals surface area contributed by atoms with E-state index < -0.39 is 18.4 Å². The maximum absolute atomic E-state index is 12.4. The van der Waals surface area contributed by atoms with Crippen molar-refractivity contribution >= 4 is 23.3 Å². The van der Waals surface area contributed by atoms with E-state index in [1.807, 2.05) is 0 Å². The zero-order chi connectivity index (χ0) is 19.3. The summed E-state index contributed by atoms with van der Waals surface area (Å²) in [6.45, 7) is 1.97. The van der Waals surface area contributed by atoms with E-state index in [4.69, 9.17) is 21.7 Å². The second-order valence-corrected chi connectivity index (χ2v) is 5.72. The second-order valence-electron chi connectivity index (χ2n) is 5.32. The number of ether oxygens (including phenoxy) is 3. The van der Waals surface area contributed by atoms with Crippen LogP contribution in [0.2, 0.25) is 0 Å². The van der Waals surface area contributed by atoms with E-state index in [-0.39, 0.29) is 29.6 Å². The van der Waals surface area contributed by atoms with Gasteiger partial charge >= 0.3 is 12.3 Å². The lowest BCUT2D eigenvalue weighted by atomic mass is 9.95. The van der Waals surface area contributed by atoms with Gasteiger partial charge in [-0.2, -0.15) is 0 Å². The summed E-state index contributed by atoms with van der Waals surface area (Å²) in [5, 5.41) is 6.05. The highest BCUT2D eigenvalue weighted by Gasteiger charge is 2.33. The van der Waals surface area contributed by atoms with Gasteiger partial charge in [0.15, 0.2) is 5.11 Å². The Kier molecular flexibility index (Phi) is 6.43. The molecule has 0 saturated carbocycles. The lowest BCUT2D eigenvalue weighted by Crippen LogP contribution is -2.45. The standard InChI is InChI=1S/C16H17F3N2O4S/c1-9-12(14(22)24-8-7-23-2)13(21-15(26)20-9)10-3-5-11(6-4-10)25-16(17,18)19/h3-6,13H,7-8H2,1-2H3,(H2,20,21,26). The molecule has 0 bridgehead atoms. The Morgan fingerprint density at radius 2 is 1.88 bits per heavy atom. The van der Waals surface area contributed by atoms with Crippen molar-refractivity contribution in [2.75, 3.05) is 20.3 Å². The number of allylic oxidation sites excluding steroid dienone is 1. The van der Waals surface area contributed by atoms with Gasteiger partial charge in [0.2, 0.25) is 0 Å². The molecule has 0 amide bonds. The van der Waals surface area contributed by atoms with Gasteiger partial charge in [-0.25, -0.2) is 4.79 Å². The number of benzene rings is 1. The van der Waals surface area contributed by atoms with Crippen LogP contribution in [0.4, 0.5) is 13.2 Å². The molecule has 142 valence electrons. The van der Waals surface area contributed by atoms with Crippen molar-refractivity contribution in [3.8, 4) is 5.75 Å². The molecule has 10 heteroatoms. The molecule has 2 N–H and O–H groups in total. The van der Waals surface area contributed by atoms with Crippen molar-refractivity contribution in [2.24, 2.45) is 0 Å². The molecule has 1 atom stereocenters. The Hall–Kier alpha value is -2.33. The van der Waals surface area contributed by atoms with Crippen LogP contribution in [-0.2, 0) is 14.3 Å². The summed E-state index contributed by atoms with van der Waals surface area (Å²) in [6, 6.07) is 4.50. The molecule has 1 aromatic carbocycles. The van der Waals surface area contributed by atoms with Crippen molar-refractivity contribution in [1.29, 1.82) is 0 Å². The van der Waals surface area contributed by atoms with Gasteiger partial charge in [0.05, 0.1) is 18.2 Å². The highest BCUT2D eigenvalue weighted by atomic mass is 32.1. The van der Waals surface area contributed by atoms with Gasteiger partial charge in [-0.1, -0.05) is 12.1 Å². The Labute approximate surface area is 153 Å². The molecule has 0 aliphatic carbocycles. The number of methoxy groups -OCH3 is 1. The van der Waals surface area contributed by atoms with Crippen molar-refractivity contribution < 1.29 is 32.2 Å². The van der Waals surface area contributed by atoms with Crippen LogP contribution >= 0.6 is 12.2 Å². The van der Waals surface area contributed by atoms with Gasteiger partial charge in [-0.15, -0.1) is 13.2 Å². The topological polar surface area (TPSA) is 68.8 Å². The summed E-state index contributed by atoms with van der Waals surface area (Å²) < 4.78 is 50.7. The van der Waals surface area contributed by atoms with Crippen LogP contribution < -0.4 is 15.4 Å². The number of nitrogens with one attached hydrogen (secondary N) is 2. The first-order chi connectivity index (χ1) is 12.2. The van der Waals surface area contributed by atoms with Gasteiger partial charge in [-0.05, 0) is 36.8 Å². The Balaban J connectivity index is 2.25. The number of carbonyl (C=O) groups excluding carboxylic acids is 1. The third-order valence-corrected chi connectivity index (χ3v) is 3.68. The quantitative estimate of drug-likeness (QED) is 0.440. The Bertz CT molecular complexity index is 704. The molecular weight excluding hydrogens is 373 g/mol. The van der Waals surface area contributed by atoms with Crippen LogP contribution in [0, 0.1) is 0 Å². The summed E-state index contributed by atoms with van der Waals surface area (Å²) in [7, 11) is 1.48. The first kappa shape index (κ1) is 20.0. The number of carbonyl (C=O) groups is 1. The first-order valence-corrected chi connectivity index (χ1v) is 7.92. The van der Waals surface area contributed by atoms with Gasteiger partial charge in [-0.3, -0.25) is 0 Å². The number of rotatable bonds is 6. The summed E-state index contributed by atoms with van der Waals surface area (Å²) in [4.78, 5) is 12.4. The molecule has 2 rings (SSSR count). The molecule has 1 aromatic rings. The lowest BCUT2D eigenvalue weighted by Gasteiger charge is -2.30. The van der Waals surface area contributed by atoms with Crippen molar-refractivity contribution in [1.82, 2.24) is 10.6 Å². The molecule has 1 aliphatic heterocycles. The van der Waals surface area contributed by atoms with E-state index in [1.54, 1.807) is 6.92 Å². The molecule has 0 radical (unpaired) electrons. The second kappa shape index (κ2) is 8.37. The molecule has 1 unspecified atom stereocenters.